The molecule has 4 nitrogen and oxygen atoms in total. The van der Waals surface area contributed by atoms with Crippen LogP contribution in [0.3, 0.4) is 0 Å². The van der Waals surface area contributed by atoms with Gasteiger partial charge in [-0.2, -0.15) is 0 Å². The monoisotopic (exact) mass is 227 g/mol. The average molecular weight is 227 g/mol. The molecule has 0 spiro atoms. The standard InChI is InChI=1S/C12H21NO3/c1-10(2)9-11(14)13-8-6-4-3-5-7-12(15)16/h9H,3-8H2,1-2H3,(H,13,14)(H,15,16). The van der Waals surface area contributed by atoms with Gasteiger partial charge < -0.3 is 10.4 Å². The molecule has 2 N–H and O–H groups in total. The van der Waals surface area contributed by atoms with Crippen LogP contribution in [0.1, 0.15) is 46.0 Å². The molecule has 0 aromatic carbocycles. The molecule has 4 heteroatoms. The molecule has 0 aliphatic heterocycles. The van der Waals surface area contributed by atoms with Gasteiger partial charge in [-0.05, 0) is 26.7 Å². The second kappa shape index (κ2) is 8.95. The van der Waals surface area contributed by atoms with Gasteiger partial charge in [0.1, 0.15) is 0 Å². The van der Waals surface area contributed by atoms with Crippen molar-refractivity contribution in [2.75, 3.05) is 6.54 Å². The van der Waals surface area contributed by atoms with E-state index >= 15 is 0 Å². The number of carbonyl (C=O) groups is 2. The van der Waals surface area contributed by atoms with Crippen molar-refractivity contribution in [1.29, 1.82) is 0 Å². The Morgan fingerprint density at radius 1 is 1.12 bits per heavy atom. The van der Waals surface area contributed by atoms with Crippen molar-refractivity contribution < 1.29 is 14.7 Å². The van der Waals surface area contributed by atoms with Crippen molar-refractivity contribution in [3.63, 3.8) is 0 Å². The number of hydrogen-bond acceptors (Lipinski definition) is 2. The summed E-state index contributed by atoms with van der Waals surface area (Å²) in [5.74, 6) is -0.789. The number of amides is 1. The van der Waals surface area contributed by atoms with Crippen LogP contribution in [-0.4, -0.2) is 23.5 Å². The first-order chi connectivity index (χ1) is 7.52. The van der Waals surface area contributed by atoms with Gasteiger partial charge in [0, 0.05) is 19.0 Å². The molecule has 0 fully saturated rings. The van der Waals surface area contributed by atoms with Gasteiger partial charge in [-0.15, -0.1) is 0 Å². The summed E-state index contributed by atoms with van der Waals surface area (Å²) in [6.45, 7) is 4.42. The summed E-state index contributed by atoms with van der Waals surface area (Å²) >= 11 is 0. The molecule has 0 unspecified atom stereocenters. The minimum Gasteiger partial charge on any atom is -0.481 e. The van der Waals surface area contributed by atoms with Crippen LogP contribution in [0.5, 0.6) is 0 Å². The second-order valence-electron chi connectivity index (χ2n) is 4.07. The van der Waals surface area contributed by atoms with Gasteiger partial charge in [-0.1, -0.05) is 18.4 Å². The Morgan fingerprint density at radius 2 is 1.75 bits per heavy atom. The molecule has 0 aromatic rings. The molecular formula is C12H21NO3. The molecule has 16 heavy (non-hydrogen) atoms. The molecular weight excluding hydrogens is 206 g/mol. The van der Waals surface area contributed by atoms with Gasteiger partial charge in [-0.3, -0.25) is 9.59 Å². The molecule has 0 saturated heterocycles. The van der Waals surface area contributed by atoms with Crippen LogP contribution in [-0.2, 0) is 9.59 Å². The van der Waals surface area contributed by atoms with Gasteiger partial charge >= 0.3 is 5.97 Å². The Bertz CT molecular complexity index is 255. The molecule has 0 atom stereocenters. The minimum atomic E-state index is -0.739. The highest BCUT2D eigenvalue weighted by molar-refractivity contribution is 5.87. The van der Waals surface area contributed by atoms with E-state index in [0.29, 0.717) is 6.54 Å². The zero-order chi connectivity index (χ0) is 12.4. The normalized spacial score (nSPS) is 9.62. The lowest BCUT2D eigenvalue weighted by atomic mass is 10.1. The van der Waals surface area contributed by atoms with E-state index in [1.54, 1.807) is 6.08 Å². The summed E-state index contributed by atoms with van der Waals surface area (Å²) in [6.07, 6.45) is 5.31. The second-order valence-corrected chi connectivity index (χ2v) is 4.07. The topological polar surface area (TPSA) is 66.4 Å². The number of allylic oxidation sites excluding steroid dienone is 1. The Labute approximate surface area is 96.7 Å². The van der Waals surface area contributed by atoms with E-state index in [2.05, 4.69) is 5.32 Å². The fourth-order valence-electron chi connectivity index (χ4n) is 1.28. The van der Waals surface area contributed by atoms with Crippen molar-refractivity contribution in [2.45, 2.75) is 46.0 Å². The minimum absolute atomic E-state index is 0.0504. The summed E-state index contributed by atoms with van der Waals surface area (Å²) < 4.78 is 0. The maximum Gasteiger partial charge on any atom is 0.303 e. The van der Waals surface area contributed by atoms with Crippen LogP contribution in [0.4, 0.5) is 0 Å². The van der Waals surface area contributed by atoms with Crippen LogP contribution in [0.25, 0.3) is 0 Å². The summed E-state index contributed by atoms with van der Waals surface area (Å²) in [7, 11) is 0. The van der Waals surface area contributed by atoms with Gasteiger partial charge in [0.2, 0.25) is 5.91 Å². The first kappa shape index (κ1) is 14.7. The van der Waals surface area contributed by atoms with Crippen LogP contribution in [0.15, 0.2) is 11.6 Å². The number of aliphatic carboxylic acids is 1. The molecule has 0 radical (unpaired) electrons. The first-order valence-corrected chi connectivity index (χ1v) is 5.67. The van der Waals surface area contributed by atoms with E-state index < -0.39 is 5.97 Å². The van der Waals surface area contributed by atoms with Crippen molar-refractivity contribution in [2.24, 2.45) is 0 Å². The van der Waals surface area contributed by atoms with Crippen molar-refractivity contribution in [1.82, 2.24) is 5.32 Å². The molecule has 0 aliphatic rings. The zero-order valence-electron chi connectivity index (χ0n) is 10.1. The number of nitrogens with one attached hydrogen (secondary N) is 1. The van der Waals surface area contributed by atoms with Crippen LogP contribution < -0.4 is 5.32 Å². The van der Waals surface area contributed by atoms with Crippen molar-refractivity contribution in [3.8, 4) is 0 Å². The number of hydrogen-bond donors (Lipinski definition) is 2. The van der Waals surface area contributed by atoms with Crippen molar-refractivity contribution in [3.05, 3.63) is 11.6 Å². The molecule has 0 aliphatic carbocycles. The van der Waals surface area contributed by atoms with Gasteiger partial charge in [0.25, 0.3) is 0 Å². The molecule has 92 valence electrons. The summed E-state index contributed by atoms with van der Waals surface area (Å²) in [6, 6.07) is 0. The van der Waals surface area contributed by atoms with E-state index in [-0.39, 0.29) is 12.3 Å². The number of carbonyl (C=O) groups excluding carboxylic acids is 1. The summed E-state index contributed by atoms with van der Waals surface area (Å²) in [4.78, 5) is 21.4. The maximum atomic E-state index is 11.2. The van der Waals surface area contributed by atoms with E-state index in [9.17, 15) is 9.59 Å². The predicted octanol–water partition coefficient (Wildman–Crippen LogP) is 2.10. The SMILES string of the molecule is CC(C)=CC(=O)NCCCCCCC(=O)O. The third kappa shape index (κ3) is 10.8. The fourth-order valence-corrected chi connectivity index (χ4v) is 1.28. The highest BCUT2D eigenvalue weighted by atomic mass is 16.4. The number of carboxylic acid groups (broad SMARTS) is 1. The van der Waals surface area contributed by atoms with E-state index in [0.717, 1.165) is 31.3 Å². The lowest BCUT2D eigenvalue weighted by Gasteiger charge is -2.02. The predicted molar refractivity (Wildman–Crippen MR) is 63.2 cm³/mol. The fraction of sp³-hybridized carbons (Fsp3) is 0.667. The first-order valence-electron chi connectivity index (χ1n) is 5.67. The maximum absolute atomic E-state index is 11.2. The molecule has 1 amide bonds. The smallest absolute Gasteiger partial charge is 0.303 e. The average Bonchev–Trinajstić information content (AvgIpc) is 2.14. The Hall–Kier alpha value is -1.32. The van der Waals surface area contributed by atoms with Crippen LogP contribution in [0, 0.1) is 0 Å². The van der Waals surface area contributed by atoms with Gasteiger partial charge in [-0.25, -0.2) is 0 Å². The zero-order valence-corrected chi connectivity index (χ0v) is 10.1. The van der Waals surface area contributed by atoms with Crippen LogP contribution in [0.2, 0.25) is 0 Å². The number of rotatable bonds is 8. The number of unbranched alkanes of at least 4 members (excludes halogenated alkanes) is 3. The Kier molecular flexibility index (Phi) is 8.21. The lowest BCUT2D eigenvalue weighted by molar-refractivity contribution is -0.137. The summed E-state index contributed by atoms with van der Waals surface area (Å²) in [5, 5.41) is 11.2. The summed E-state index contributed by atoms with van der Waals surface area (Å²) in [5.41, 5.74) is 0.985. The quantitative estimate of drug-likeness (QED) is 0.493. The molecule has 0 bridgehead atoms. The Morgan fingerprint density at radius 3 is 2.31 bits per heavy atom. The highest BCUT2D eigenvalue weighted by Gasteiger charge is 1.97. The largest absolute Gasteiger partial charge is 0.481 e. The third-order valence-electron chi connectivity index (χ3n) is 2.04. The third-order valence-corrected chi connectivity index (χ3v) is 2.04. The lowest BCUT2D eigenvalue weighted by Crippen LogP contribution is -2.22. The van der Waals surface area contributed by atoms with E-state index in [4.69, 9.17) is 5.11 Å². The van der Waals surface area contributed by atoms with Gasteiger partial charge in [0.05, 0.1) is 0 Å². The van der Waals surface area contributed by atoms with Crippen LogP contribution >= 0.6 is 0 Å². The molecule has 0 heterocycles. The molecule has 0 saturated carbocycles. The number of carboxylic acids is 1. The molecule has 0 aromatic heterocycles. The van der Waals surface area contributed by atoms with Gasteiger partial charge in [0.15, 0.2) is 0 Å². The highest BCUT2D eigenvalue weighted by Crippen LogP contribution is 2.02. The Balaban J connectivity index is 3.31. The van der Waals surface area contributed by atoms with E-state index in [1.807, 2.05) is 13.8 Å². The molecule has 0 rings (SSSR count). The van der Waals surface area contributed by atoms with E-state index in [1.165, 1.54) is 0 Å². The van der Waals surface area contributed by atoms with Crippen molar-refractivity contribution >= 4 is 11.9 Å².